The van der Waals surface area contributed by atoms with E-state index in [0.717, 1.165) is 4.90 Å². The lowest BCUT2D eigenvalue weighted by molar-refractivity contribution is -0.152. The number of carbonyl (C=O) groups excluding carboxylic acids is 9. The number of fused-ring (bicyclic) bond motifs is 2. The highest BCUT2D eigenvalue weighted by Crippen LogP contribution is 2.19. The van der Waals surface area contributed by atoms with Gasteiger partial charge in [-0.15, -0.1) is 0 Å². The minimum atomic E-state index is -1.48. The molecule has 1 unspecified atom stereocenters. The number of ether oxygens (including phenoxy) is 3. The predicted octanol–water partition coefficient (Wildman–Crippen LogP) is 3.57. The van der Waals surface area contributed by atoms with Crippen molar-refractivity contribution in [1.29, 1.82) is 0 Å². The summed E-state index contributed by atoms with van der Waals surface area (Å²) < 4.78 is 16.0. The van der Waals surface area contributed by atoms with Crippen LogP contribution in [0.4, 0.5) is 9.59 Å². The molecule has 0 spiro atoms. The quantitative estimate of drug-likeness (QED) is 0.0445. The molecule has 1 aliphatic heterocycles. The Morgan fingerprint density at radius 1 is 0.783 bits per heavy atom. The van der Waals surface area contributed by atoms with Gasteiger partial charge in [0.15, 0.2) is 0 Å². The number of amides is 7. The fraction of sp³-hybridized carbons (Fsp3) is 0.429. The van der Waals surface area contributed by atoms with Crippen molar-refractivity contribution in [2.24, 2.45) is 10.4 Å². The highest BCUT2D eigenvalue weighted by atomic mass is 16.6. The Labute approximate surface area is 401 Å². The number of likely N-dealkylation sites (N-methyl/N-ethyl adjacent to an activating group) is 1. The normalized spacial score (nSPS) is 17.5. The van der Waals surface area contributed by atoms with Gasteiger partial charge < -0.3 is 40.4 Å². The van der Waals surface area contributed by atoms with Crippen LogP contribution in [0, 0.1) is 5.41 Å². The van der Waals surface area contributed by atoms with Crippen LogP contribution in [0.1, 0.15) is 93.8 Å². The summed E-state index contributed by atoms with van der Waals surface area (Å²) in [5.41, 5.74) is 1.40. The smallest absolute Gasteiger partial charge is 0.414 e. The standard InChI is InChI=1S/C49H62N8O12/c1-7-36-45(64)57(6)38(22-15-23-50-46(55-47(65)67-29-32-16-10-8-11-17-32)56-48(66)68-30-33-18-12-9-13-19-33)44(63)52-28-40(59)53-37(26-41(60)69-31(2)24-39(58)49(3,4)5)43(62)51-27-34-20-14-21-35(25-34)42(61)54-36/h8-14,16-21,25,31,36-38H,7,15,22-24,26-30H2,1-6H3,(H,51,62)(H,52,63)(H,53,59)(H,54,61)(H2,50,55,56,65,66)/t31?,36-,37+,38+/m1/s1. The number of esters is 1. The number of hydrogen-bond donors (Lipinski definition) is 6. The number of ketones is 1. The number of guanidine groups is 1. The fourth-order valence-electron chi connectivity index (χ4n) is 6.70. The van der Waals surface area contributed by atoms with E-state index in [1.807, 2.05) is 12.1 Å². The van der Waals surface area contributed by atoms with Crippen molar-refractivity contribution in [3.8, 4) is 0 Å². The lowest BCUT2D eigenvalue weighted by Crippen LogP contribution is -2.56. The molecule has 0 radical (unpaired) electrons. The highest BCUT2D eigenvalue weighted by Gasteiger charge is 2.33. The summed E-state index contributed by atoms with van der Waals surface area (Å²) in [7, 11) is 1.37. The summed E-state index contributed by atoms with van der Waals surface area (Å²) in [6, 6.07) is 20.2. The van der Waals surface area contributed by atoms with E-state index in [1.54, 1.807) is 88.4 Å². The average Bonchev–Trinajstić information content (AvgIpc) is 3.32. The number of Topliss-reactive ketones (excluding diaryl/α,β-unsaturated/α-hetero) is 1. The molecule has 20 nitrogen and oxygen atoms in total. The zero-order valence-electron chi connectivity index (χ0n) is 39.8. The fourth-order valence-corrected chi connectivity index (χ4v) is 6.70. The molecule has 0 aromatic heterocycles. The predicted molar refractivity (Wildman–Crippen MR) is 252 cm³/mol. The SMILES string of the molecule is CC[C@H]1NC(=O)c2cccc(c2)CNC(=O)[C@H](CC(=O)OC(C)CC(=O)C(C)(C)C)NC(=O)CNC(=O)[C@H](CCCN=C(NC(=O)OCc2ccccc2)NC(=O)OCc2ccccc2)N(C)C1=O. The molecule has 1 heterocycles. The second-order valence-corrected chi connectivity index (χ2v) is 17.3. The van der Waals surface area contributed by atoms with Crippen molar-refractivity contribution in [3.63, 3.8) is 0 Å². The number of benzene rings is 3. The van der Waals surface area contributed by atoms with Crippen molar-refractivity contribution in [2.75, 3.05) is 20.1 Å². The molecule has 1 aliphatic rings. The molecule has 370 valence electrons. The minimum absolute atomic E-state index is 0.0625. The summed E-state index contributed by atoms with van der Waals surface area (Å²) >= 11 is 0. The molecule has 0 saturated carbocycles. The maximum Gasteiger partial charge on any atom is 0.414 e. The number of nitrogens with one attached hydrogen (secondary N) is 6. The lowest BCUT2D eigenvalue weighted by Gasteiger charge is -2.30. The molecule has 4 atom stereocenters. The van der Waals surface area contributed by atoms with Gasteiger partial charge in [-0.1, -0.05) is 100 Å². The second kappa shape index (κ2) is 26.6. The second-order valence-electron chi connectivity index (χ2n) is 17.3. The van der Waals surface area contributed by atoms with Gasteiger partial charge in [-0.25, -0.2) is 9.59 Å². The summed E-state index contributed by atoms with van der Waals surface area (Å²) in [6.45, 7) is 7.34. The van der Waals surface area contributed by atoms with Crippen molar-refractivity contribution >= 4 is 59.4 Å². The van der Waals surface area contributed by atoms with Gasteiger partial charge in [0.25, 0.3) is 5.91 Å². The van der Waals surface area contributed by atoms with Crippen LogP contribution in [0.3, 0.4) is 0 Å². The maximum atomic E-state index is 14.0. The molecule has 4 rings (SSSR count). The molecule has 2 bridgehead atoms. The average molecular weight is 955 g/mol. The lowest BCUT2D eigenvalue weighted by atomic mass is 9.88. The number of nitrogens with zero attached hydrogens (tertiary/aromatic N) is 2. The Morgan fingerprint density at radius 2 is 1.38 bits per heavy atom. The first-order valence-corrected chi connectivity index (χ1v) is 22.6. The van der Waals surface area contributed by atoms with Crippen molar-refractivity contribution in [3.05, 3.63) is 107 Å². The zero-order valence-corrected chi connectivity index (χ0v) is 39.8. The van der Waals surface area contributed by atoms with Crippen LogP contribution in [0.15, 0.2) is 89.9 Å². The maximum absolute atomic E-state index is 14.0. The van der Waals surface area contributed by atoms with Crippen LogP contribution in [0.2, 0.25) is 0 Å². The summed E-state index contributed by atoms with van der Waals surface area (Å²) in [6.07, 6.45) is -3.27. The topological polar surface area (TPSA) is 269 Å². The molecule has 6 N–H and O–H groups in total. The van der Waals surface area contributed by atoms with Gasteiger partial charge in [-0.05, 0) is 55.0 Å². The van der Waals surface area contributed by atoms with Gasteiger partial charge in [0.2, 0.25) is 29.6 Å². The largest absolute Gasteiger partial charge is 0.462 e. The Bertz CT molecular complexity index is 2260. The van der Waals surface area contributed by atoms with E-state index in [1.165, 1.54) is 26.1 Å². The van der Waals surface area contributed by atoms with E-state index in [0.29, 0.717) is 16.7 Å². The van der Waals surface area contributed by atoms with Crippen LogP contribution in [0.25, 0.3) is 0 Å². The van der Waals surface area contributed by atoms with Crippen LogP contribution in [-0.2, 0) is 62.7 Å². The first-order chi connectivity index (χ1) is 32.8. The molecular weight excluding hydrogens is 893 g/mol. The number of carbonyl (C=O) groups is 9. The third kappa shape index (κ3) is 18.5. The van der Waals surface area contributed by atoms with Gasteiger partial charge in [0.1, 0.15) is 43.2 Å². The molecule has 20 heteroatoms. The van der Waals surface area contributed by atoms with Gasteiger partial charge in [-0.3, -0.25) is 49.2 Å². The number of aliphatic imine (C=N–C) groups is 1. The first kappa shape index (κ1) is 54.0. The van der Waals surface area contributed by atoms with Crippen LogP contribution in [0.5, 0.6) is 0 Å². The van der Waals surface area contributed by atoms with Gasteiger partial charge >= 0.3 is 18.2 Å². The molecule has 0 aliphatic carbocycles. The van der Waals surface area contributed by atoms with Crippen LogP contribution in [-0.4, -0.2) is 109 Å². The van der Waals surface area contributed by atoms with E-state index >= 15 is 0 Å². The zero-order chi connectivity index (χ0) is 50.5. The summed E-state index contributed by atoms with van der Waals surface area (Å²) in [5.74, 6) is -4.97. The Hall–Kier alpha value is -7.64. The molecule has 0 fully saturated rings. The van der Waals surface area contributed by atoms with Gasteiger partial charge in [-0.2, -0.15) is 0 Å². The highest BCUT2D eigenvalue weighted by molar-refractivity contribution is 6.01. The number of rotatable bonds is 14. The molecule has 3 aromatic carbocycles. The summed E-state index contributed by atoms with van der Waals surface area (Å²) in [5, 5.41) is 15.1. The Kier molecular flexibility index (Phi) is 20.8. The van der Waals surface area contributed by atoms with E-state index < -0.39 is 90.3 Å². The van der Waals surface area contributed by atoms with E-state index in [4.69, 9.17) is 14.2 Å². The van der Waals surface area contributed by atoms with Gasteiger partial charge in [0, 0.05) is 37.5 Å². The van der Waals surface area contributed by atoms with Crippen LogP contribution < -0.4 is 31.9 Å². The van der Waals surface area contributed by atoms with E-state index in [9.17, 15) is 43.2 Å². The van der Waals surface area contributed by atoms with Crippen molar-refractivity contribution in [1.82, 2.24) is 36.8 Å². The molecule has 3 aromatic rings. The van der Waals surface area contributed by atoms with Crippen molar-refractivity contribution < 1.29 is 57.4 Å². The first-order valence-electron chi connectivity index (χ1n) is 22.6. The minimum Gasteiger partial charge on any atom is -0.462 e. The van der Waals surface area contributed by atoms with E-state index in [-0.39, 0.29) is 69.3 Å². The molecule has 0 saturated heterocycles. The van der Waals surface area contributed by atoms with Crippen LogP contribution >= 0.6 is 0 Å². The van der Waals surface area contributed by atoms with Crippen molar-refractivity contribution in [2.45, 2.75) is 111 Å². The third-order valence-corrected chi connectivity index (χ3v) is 10.6. The molecular formula is C49H62N8O12. The Balaban J connectivity index is 1.54. The number of alkyl carbamates (subject to hydrolysis) is 2. The summed E-state index contributed by atoms with van der Waals surface area (Å²) in [4.78, 5) is 125. The van der Waals surface area contributed by atoms with E-state index in [2.05, 4.69) is 36.9 Å². The van der Waals surface area contributed by atoms with Gasteiger partial charge in [0.05, 0.1) is 13.0 Å². The Morgan fingerprint density at radius 3 is 1.96 bits per heavy atom. The molecule has 69 heavy (non-hydrogen) atoms. The number of hydrogen-bond acceptors (Lipinski definition) is 13. The monoisotopic (exact) mass is 954 g/mol. The third-order valence-electron chi connectivity index (χ3n) is 10.6. The molecule has 7 amide bonds.